The molecule has 4 rings (SSSR count). The van der Waals surface area contributed by atoms with E-state index in [1.165, 1.54) is 18.5 Å². The monoisotopic (exact) mass is 301 g/mol. The predicted octanol–water partition coefficient (Wildman–Crippen LogP) is 3.37. The Morgan fingerprint density at radius 1 is 1.29 bits per heavy atom. The van der Waals surface area contributed by atoms with Crippen molar-refractivity contribution in [3.8, 4) is 0 Å². The van der Waals surface area contributed by atoms with Gasteiger partial charge in [0.15, 0.2) is 0 Å². The maximum atomic E-state index is 6.37. The van der Waals surface area contributed by atoms with E-state index in [0.717, 1.165) is 40.5 Å². The number of nitrogens with two attached hydrogens (primary N) is 1. The number of hydrogen-bond donors (Lipinski definition) is 1. The Morgan fingerprint density at radius 2 is 2.10 bits per heavy atom. The minimum absolute atomic E-state index is 0.293. The van der Waals surface area contributed by atoms with Crippen molar-refractivity contribution in [1.82, 2.24) is 4.98 Å². The zero-order chi connectivity index (χ0) is 14.6. The number of benzene rings is 1. The van der Waals surface area contributed by atoms with Crippen LogP contribution < -0.4 is 10.6 Å². The van der Waals surface area contributed by atoms with Crippen LogP contribution in [0.1, 0.15) is 18.4 Å². The highest BCUT2D eigenvalue weighted by atomic mass is 35.5. The maximum Gasteiger partial charge on any atom is 0.0752 e. The molecule has 2 heterocycles. The van der Waals surface area contributed by atoms with Gasteiger partial charge in [-0.25, -0.2) is 0 Å². The van der Waals surface area contributed by atoms with E-state index in [9.17, 15) is 0 Å². The molecule has 1 aromatic heterocycles. The van der Waals surface area contributed by atoms with Gasteiger partial charge in [0.1, 0.15) is 0 Å². The van der Waals surface area contributed by atoms with Gasteiger partial charge in [0.2, 0.25) is 0 Å². The second kappa shape index (κ2) is 4.85. The lowest BCUT2D eigenvalue weighted by Crippen LogP contribution is -2.30. The van der Waals surface area contributed by atoms with Gasteiger partial charge in [-0.15, -0.1) is 0 Å². The van der Waals surface area contributed by atoms with Gasteiger partial charge in [0.25, 0.3) is 0 Å². The molecule has 0 unspecified atom stereocenters. The van der Waals surface area contributed by atoms with Gasteiger partial charge in [0.05, 0.1) is 5.52 Å². The van der Waals surface area contributed by atoms with E-state index in [-0.39, 0.29) is 0 Å². The summed E-state index contributed by atoms with van der Waals surface area (Å²) in [5.41, 5.74) is 9.76. The van der Waals surface area contributed by atoms with E-state index in [4.69, 9.17) is 17.3 Å². The van der Waals surface area contributed by atoms with Crippen molar-refractivity contribution in [1.29, 1.82) is 0 Å². The van der Waals surface area contributed by atoms with E-state index < -0.39 is 0 Å². The van der Waals surface area contributed by atoms with Crippen LogP contribution in [0.25, 0.3) is 10.9 Å². The number of anilines is 1. The highest BCUT2D eigenvalue weighted by molar-refractivity contribution is 6.31. The van der Waals surface area contributed by atoms with Gasteiger partial charge >= 0.3 is 0 Å². The molecule has 4 heteroatoms. The van der Waals surface area contributed by atoms with Crippen LogP contribution in [-0.4, -0.2) is 24.1 Å². The fraction of sp³-hybridized carbons (Fsp3) is 0.471. The van der Waals surface area contributed by atoms with Gasteiger partial charge in [-0.05, 0) is 55.4 Å². The van der Waals surface area contributed by atoms with Crippen molar-refractivity contribution < 1.29 is 0 Å². The Hall–Kier alpha value is -1.32. The van der Waals surface area contributed by atoms with Crippen LogP contribution in [0.15, 0.2) is 24.4 Å². The zero-order valence-corrected chi connectivity index (χ0v) is 13.0. The molecule has 0 radical (unpaired) electrons. The molecular weight excluding hydrogens is 282 g/mol. The van der Waals surface area contributed by atoms with Gasteiger partial charge in [-0.1, -0.05) is 11.6 Å². The summed E-state index contributed by atoms with van der Waals surface area (Å²) in [6, 6.07) is 6.40. The Bertz CT molecular complexity index is 696. The number of fused-ring (bicyclic) bond motifs is 1. The standard InChI is InChI=1S/C17H20ClN3/c1-10-6-12(18)7-13-16(4-5-20-17(10)13)21-8-14(11-2-3-11)15(19)9-21/h4-7,11,14-15H,2-3,8-9,19H2,1H3/t14-,15+/m1/s1. The maximum absolute atomic E-state index is 6.37. The number of halogens is 1. The number of hydrogen-bond acceptors (Lipinski definition) is 3. The summed E-state index contributed by atoms with van der Waals surface area (Å²) in [6.07, 6.45) is 4.61. The lowest BCUT2D eigenvalue weighted by atomic mass is 9.99. The van der Waals surface area contributed by atoms with Crippen LogP contribution in [-0.2, 0) is 0 Å². The number of aryl methyl sites for hydroxylation is 1. The van der Waals surface area contributed by atoms with Gasteiger partial charge in [-0.3, -0.25) is 4.98 Å². The average Bonchev–Trinajstić information content (AvgIpc) is 3.21. The molecule has 110 valence electrons. The van der Waals surface area contributed by atoms with Crippen molar-refractivity contribution >= 4 is 28.2 Å². The lowest BCUT2D eigenvalue weighted by molar-refractivity contribution is 0.456. The summed E-state index contributed by atoms with van der Waals surface area (Å²) in [5, 5.41) is 1.92. The van der Waals surface area contributed by atoms with Crippen molar-refractivity contribution in [2.45, 2.75) is 25.8 Å². The fourth-order valence-corrected chi connectivity index (χ4v) is 4.00. The third-order valence-electron chi connectivity index (χ3n) is 4.96. The molecule has 0 amide bonds. The molecule has 1 aromatic carbocycles. The molecule has 2 aliphatic rings. The molecule has 2 atom stereocenters. The number of nitrogens with zero attached hydrogens (tertiary/aromatic N) is 2. The fourth-order valence-electron chi connectivity index (χ4n) is 3.72. The summed E-state index contributed by atoms with van der Waals surface area (Å²) in [6.45, 7) is 4.07. The minimum atomic E-state index is 0.293. The highest BCUT2D eigenvalue weighted by Gasteiger charge is 2.41. The molecule has 2 N–H and O–H groups in total. The second-order valence-electron chi connectivity index (χ2n) is 6.52. The SMILES string of the molecule is Cc1cc(Cl)cc2c(N3C[C@H](C4CC4)[C@@H](N)C3)ccnc12. The van der Waals surface area contributed by atoms with E-state index in [0.29, 0.717) is 12.0 Å². The molecule has 1 aliphatic heterocycles. The third kappa shape index (κ3) is 2.29. The Kier molecular flexibility index (Phi) is 3.09. The summed E-state index contributed by atoms with van der Waals surface area (Å²) < 4.78 is 0. The molecule has 3 nitrogen and oxygen atoms in total. The molecule has 0 bridgehead atoms. The first-order chi connectivity index (χ1) is 10.1. The van der Waals surface area contributed by atoms with Crippen LogP contribution in [0.4, 0.5) is 5.69 Å². The summed E-state index contributed by atoms with van der Waals surface area (Å²) in [7, 11) is 0. The molecule has 0 spiro atoms. The number of rotatable bonds is 2. The smallest absolute Gasteiger partial charge is 0.0752 e. The highest BCUT2D eigenvalue weighted by Crippen LogP contribution is 2.42. The number of aromatic nitrogens is 1. The first-order valence-electron chi connectivity index (χ1n) is 7.69. The van der Waals surface area contributed by atoms with Gasteiger partial charge < -0.3 is 10.6 Å². The lowest BCUT2D eigenvalue weighted by Gasteiger charge is -2.21. The van der Waals surface area contributed by atoms with Crippen molar-refractivity contribution in [2.24, 2.45) is 17.6 Å². The van der Waals surface area contributed by atoms with E-state index in [2.05, 4.69) is 22.9 Å². The van der Waals surface area contributed by atoms with Crippen molar-refractivity contribution in [3.05, 3.63) is 35.0 Å². The van der Waals surface area contributed by atoms with E-state index >= 15 is 0 Å². The summed E-state index contributed by atoms with van der Waals surface area (Å²) in [5.74, 6) is 1.50. The average molecular weight is 302 g/mol. The van der Waals surface area contributed by atoms with Crippen LogP contribution in [0, 0.1) is 18.8 Å². The molecule has 1 aliphatic carbocycles. The van der Waals surface area contributed by atoms with Crippen LogP contribution in [0.2, 0.25) is 5.02 Å². The third-order valence-corrected chi connectivity index (χ3v) is 5.18. The molecule has 1 saturated carbocycles. The molecule has 2 fully saturated rings. The normalized spacial score (nSPS) is 25.8. The molecule has 21 heavy (non-hydrogen) atoms. The quantitative estimate of drug-likeness (QED) is 0.925. The second-order valence-corrected chi connectivity index (χ2v) is 6.96. The van der Waals surface area contributed by atoms with Gasteiger partial charge in [-0.2, -0.15) is 0 Å². The minimum Gasteiger partial charge on any atom is -0.369 e. The van der Waals surface area contributed by atoms with E-state index in [1.807, 2.05) is 18.3 Å². The first-order valence-corrected chi connectivity index (χ1v) is 8.06. The number of pyridine rings is 1. The summed E-state index contributed by atoms with van der Waals surface area (Å²) >= 11 is 6.25. The van der Waals surface area contributed by atoms with Crippen LogP contribution >= 0.6 is 11.6 Å². The topological polar surface area (TPSA) is 42.1 Å². The predicted molar refractivity (Wildman–Crippen MR) is 87.9 cm³/mol. The Morgan fingerprint density at radius 3 is 2.86 bits per heavy atom. The van der Waals surface area contributed by atoms with Gasteiger partial charge in [0, 0.05) is 41.4 Å². The largest absolute Gasteiger partial charge is 0.369 e. The Balaban J connectivity index is 1.76. The zero-order valence-electron chi connectivity index (χ0n) is 12.2. The van der Waals surface area contributed by atoms with Crippen LogP contribution in [0.3, 0.4) is 0 Å². The molecule has 1 saturated heterocycles. The molecule has 2 aromatic rings. The summed E-state index contributed by atoms with van der Waals surface area (Å²) in [4.78, 5) is 6.95. The van der Waals surface area contributed by atoms with Crippen LogP contribution in [0.5, 0.6) is 0 Å². The molecular formula is C17H20ClN3. The first kappa shape index (κ1) is 13.4. The van der Waals surface area contributed by atoms with Crippen molar-refractivity contribution in [3.63, 3.8) is 0 Å². The van der Waals surface area contributed by atoms with Crippen molar-refractivity contribution in [2.75, 3.05) is 18.0 Å². The van der Waals surface area contributed by atoms with E-state index in [1.54, 1.807) is 0 Å². The Labute approximate surface area is 130 Å².